The zero-order valence-electron chi connectivity index (χ0n) is 15.2. The third kappa shape index (κ3) is 4.69. The normalized spacial score (nSPS) is 19.8. The van der Waals surface area contributed by atoms with E-state index < -0.39 is 0 Å². The topological polar surface area (TPSA) is 55.6 Å². The van der Waals surface area contributed by atoms with Crippen molar-refractivity contribution in [3.8, 4) is 11.3 Å². The van der Waals surface area contributed by atoms with Crippen molar-refractivity contribution in [1.82, 2.24) is 9.88 Å². The molecule has 25 heavy (non-hydrogen) atoms. The van der Waals surface area contributed by atoms with Gasteiger partial charge in [-0.3, -0.25) is 4.79 Å². The molecule has 1 fully saturated rings. The Balaban J connectivity index is 1.50. The smallest absolute Gasteiger partial charge is 0.222 e. The lowest BCUT2D eigenvalue weighted by atomic mass is 10.0. The number of oxazole rings is 1. The number of hydrogen-bond donors (Lipinski definition) is 0. The molecule has 1 aliphatic rings. The Hall–Kier alpha value is -2.14. The number of nitrogens with zero attached hydrogens (tertiary/aromatic N) is 2. The summed E-state index contributed by atoms with van der Waals surface area (Å²) in [5.74, 6) is 1.63. The quantitative estimate of drug-likeness (QED) is 0.831. The Bertz CT molecular complexity index is 709. The van der Waals surface area contributed by atoms with Crippen LogP contribution in [-0.2, 0) is 16.0 Å². The second-order valence-corrected chi connectivity index (χ2v) is 7.30. The number of carbonyl (C=O) groups is 1. The highest BCUT2D eigenvalue weighted by Crippen LogP contribution is 2.23. The van der Waals surface area contributed by atoms with Gasteiger partial charge in [-0.25, -0.2) is 4.98 Å². The van der Waals surface area contributed by atoms with E-state index in [4.69, 9.17) is 9.15 Å². The van der Waals surface area contributed by atoms with E-state index in [1.165, 1.54) is 0 Å². The number of aryl methyl sites for hydroxylation is 1. The van der Waals surface area contributed by atoms with Gasteiger partial charge in [-0.1, -0.05) is 30.3 Å². The first-order valence-corrected chi connectivity index (χ1v) is 8.89. The number of amides is 1. The van der Waals surface area contributed by atoms with E-state index in [1.54, 1.807) is 6.20 Å². The Labute approximate surface area is 149 Å². The van der Waals surface area contributed by atoms with Gasteiger partial charge in [0.15, 0.2) is 11.7 Å². The fraction of sp³-hybridized carbons (Fsp3) is 0.500. The van der Waals surface area contributed by atoms with Gasteiger partial charge in [-0.05, 0) is 27.2 Å². The molecule has 5 nitrogen and oxygen atoms in total. The fourth-order valence-corrected chi connectivity index (χ4v) is 3.35. The number of benzene rings is 1. The summed E-state index contributed by atoms with van der Waals surface area (Å²) in [7, 11) is 0. The predicted octanol–water partition coefficient (Wildman–Crippen LogP) is 3.69. The molecule has 5 heteroatoms. The van der Waals surface area contributed by atoms with Gasteiger partial charge in [-0.15, -0.1) is 0 Å². The molecule has 0 N–H and O–H groups in total. The molecule has 1 aliphatic heterocycles. The molecule has 0 spiro atoms. The van der Waals surface area contributed by atoms with E-state index in [2.05, 4.69) is 4.98 Å². The van der Waals surface area contributed by atoms with Gasteiger partial charge in [0.25, 0.3) is 0 Å². The average molecular weight is 342 g/mol. The molecule has 1 unspecified atom stereocenters. The average Bonchev–Trinajstić information content (AvgIpc) is 3.02. The van der Waals surface area contributed by atoms with Gasteiger partial charge in [0.1, 0.15) is 0 Å². The Morgan fingerprint density at radius 1 is 1.32 bits per heavy atom. The zero-order chi connectivity index (χ0) is 17.9. The Morgan fingerprint density at radius 2 is 2.08 bits per heavy atom. The highest BCUT2D eigenvalue weighted by atomic mass is 16.5. The minimum absolute atomic E-state index is 0.0767. The van der Waals surface area contributed by atoms with Crippen molar-refractivity contribution >= 4 is 5.91 Å². The molecule has 0 bridgehead atoms. The second-order valence-electron chi connectivity index (χ2n) is 7.30. The number of aromatic nitrogens is 1. The standard InChI is InChI=1S/C20H26N2O3/c1-15-13-22(14-20(2,3)25-15)19(23)11-7-10-18-21-12-17(24-18)16-8-5-4-6-9-16/h4-6,8-9,12,15H,7,10-11,13-14H2,1-3H3. The molecule has 0 aliphatic carbocycles. The molecular formula is C20H26N2O3. The summed E-state index contributed by atoms with van der Waals surface area (Å²) in [6.45, 7) is 7.38. The monoisotopic (exact) mass is 342 g/mol. The van der Waals surface area contributed by atoms with Crippen LogP contribution in [0.2, 0.25) is 0 Å². The predicted molar refractivity (Wildman–Crippen MR) is 96.1 cm³/mol. The highest BCUT2D eigenvalue weighted by Gasteiger charge is 2.33. The van der Waals surface area contributed by atoms with E-state index in [1.807, 2.05) is 56.0 Å². The molecule has 1 saturated heterocycles. The van der Waals surface area contributed by atoms with Crippen molar-refractivity contribution in [2.24, 2.45) is 0 Å². The lowest BCUT2D eigenvalue weighted by Gasteiger charge is -2.41. The van der Waals surface area contributed by atoms with Crippen LogP contribution in [0, 0.1) is 0 Å². The third-order valence-corrected chi connectivity index (χ3v) is 4.32. The lowest BCUT2D eigenvalue weighted by molar-refractivity contribution is -0.158. The van der Waals surface area contributed by atoms with Crippen molar-refractivity contribution in [3.05, 3.63) is 42.4 Å². The maximum absolute atomic E-state index is 12.5. The summed E-state index contributed by atoms with van der Waals surface area (Å²) in [4.78, 5) is 18.7. The second kappa shape index (κ2) is 7.40. The highest BCUT2D eigenvalue weighted by molar-refractivity contribution is 5.76. The Morgan fingerprint density at radius 3 is 2.80 bits per heavy atom. The largest absolute Gasteiger partial charge is 0.441 e. The van der Waals surface area contributed by atoms with Crippen molar-refractivity contribution in [2.45, 2.75) is 51.7 Å². The molecule has 0 saturated carbocycles. The summed E-state index contributed by atoms with van der Waals surface area (Å²) in [6, 6.07) is 9.91. The summed E-state index contributed by atoms with van der Waals surface area (Å²) in [5.41, 5.74) is 0.738. The van der Waals surface area contributed by atoms with Crippen LogP contribution in [0.15, 0.2) is 40.9 Å². The fourth-order valence-electron chi connectivity index (χ4n) is 3.35. The summed E-state index contributed by atoms with van der Waals surface area (Å²) in [6.07, 6.45) is 3.74. The van der Waals surface area contributed by atoms with E-state index in [9.17, 15) is 4.79 Å². The van der Waals surface area contributed by atoms with Gasteiger partial charge in [0.05, 0.1) is 17.9 Å². The van der Waals surface area contributed by atoms with Crippen LogP contribution >= 0.6 is 0 Å². The van der Waals surface area contributed by atoms with Crippen LogP contribution in [0.3, 0.4) is 0 Å². The summed E-state index contributed by atoms with van der Waals surface area (Å²) >= 11 is 0. The molecule has 0 radical (unpaired) electrons. The zero-order valence-corrected chi connectivity index (χ0v) is 15.2. The van der Waals surface area contributed by atoms with Crippen molar-refractivity contribution < 1.29 is 13.9 Å². The van der Waals surface area contributed by atoms with Crippen LogP contribution in [0.4, 0.5) is 0 Å². The molecular weight excluding hydrogens is 316 g/mol. The van der Waals surface area contributed by atoms with Crippen LogP contribution < -0.4 is 0 Å². The van der Waals surface area contributed by atoms with E-state index in [0.717, 1.165) is 17.7 Å². The van der Waals surface area contributed by atoms with Gasteiger partial charge in [-0.2, -0.15) is 0 Å². The van der Waals surface area contributed by atoms with Crippen molar-refractivity contribution in [1.29, 1.82) is 0 Å². The number of morpholine rings is 1. The van der Waals surface area contributed by atoms with E-state index in [-0.39, 0.29) is 17.6 Å². The number of rotatable bonds is 5. The van der Waals surface area contributed by atoms with Gasteiger partial charge < -0.3 is 14.1 Å². The maximum Gasteiger partial charge on any atom is 0.222 e. The van der Waals surface area contributed by atoms with Gasteiger partial charge >= 0.3 is 0 Å². The summed E-state index contributed by atoms with van der Waals surface area (Å²) in [5, 5.41) is 0. The molecule has 1 amide bonds. The van der Waals surface area contributed by atoms with Crippen LogP contribution in [0.1, 0.15) is 39.5 Å². The van der Waals surface area contributed by atoms with E-state index in [0.29, 0.717) is 31.8 Å². The molecule has 2 aromatic rings. The number of ether oxygens (including phenoxy) is 1. The minimum Gasteiger partial charge on any atom is -0.441 e. The van der Waals surface area contributed by atoms with Crippen LogP contribution in [-0.4, -0.2) is 40.6 Å². The molecule has 1 aromatic heterocycles. The van der Waals surface area contributed by atoms with Crippen LogP contribution in [0.5, 0.6) is 0 Å². The molecule has 134 valence electrons. The molecule has 3 rings (SSSR count). The van der Waals surface area contributed by atoms with E-state index >= 15 is 0 Å². The molecule has 1 aromatic carbocycles. The van der Waals surface area contributed by atoms with Crippen molar-refractivity contribution in [3.63, 3.8) is 0 Å². The van der Waals surface area contributed by atoms with Crippen molar-refractivity contribution in [2.75, 3.05) is 13.1 Å². The van der Waals surface area contributed by atoms with Gasteiger partial charge in [0, 0.05) is 31.5 Å². The van der Waals surface area contributed by atoms with Crippen LogP contribution in [0.25, 0.3) is 11.3 Å². The Kier molecular flexibility index (Phi) is 5.23. The molecule has 2 heterocycles. The SMILES string of the molecule is CC1CN(C(=O)CCCc2ncc(-c3ccccc3)o2)CC(C)(C)O1. The van der Waals surface area contributed by atoms with Gasteiger partial charge in [0.2, 0.25) is 5.91 Å². The first-order valence-electron chi connectivity index (χ1n) is 8.89. The first kappa shape index (κ1) is 17.7. The summed E-state index contributed by atoms with van der Waals surface area (Å²) < 4.78 is 11.6. The lowest BCUT2D eigenvalue weighted by Crippen LogP contribution is -2.53. The first-order chi connectivity index (χ1) is 11.9. The molecule has 1 atom stereocenters. The number of hydrogen-bond acceptors (Lipinski definition) is 4. The minimum atomic E-state index is -0.277. The third-order valence-electron chi connectivity index (χ3n) is 4.32. The maximum atomic E-state index is 12.5. The number of carbonyl (C=O) groups excluding carboxylic acids is 1.